The molecule has 1 aliphatic heterocycles. The summed E-state index contributed by atoms with van der Waals surface area (Å²) in [6.45, 7) is 3.27. The van der Waals surface area contributed by atoms with Crippen LogP contribution in [0.2, 0.25) is 0 Å². The van der Waals surface area contributed by atoms with Gasteiger partial charge in [-0.25, -0.2) is 14.5 Å². The maximum atomic E-state index is 13.3. The van der Waals surface area contributed by atoms with Gasteiger partial charge in [0.2, 0.25) is 0 Å². The molecular weight excluding hydrogens is 484 g/mol. The van der Waals surface area contributed by atoms with E-state index in [1.165, 1.54) is 31.2 Å². The van der Waals surface area contributed by atoms with Crippen LogP contribution >= 0.6 is 0 Å². The molecule has 0 aliphatic carbocycles. The molecule has 37 heavy (non-hydrogen) atoms. The summed E-state index contributed by atoms with van der Waals surface area (Å²) in [6, 6.07) is 14.9. The molecular formula is C26H26N2O9. The molecule has 0 aromatic heterocycles. The van der Waals surface area contributed by atoms with Crippen LogP contribution in [0, 0.1) is 10.1 Å². The largest absolute Gasteiger partial charge is 0.495 e. The van der Waals surface area contributed by atoms with Crippen LogP contribution in [0.4, 0.5) is 10.5 Å². The maximum Gasteiger partial charge on any atom is 0.416 e. The summed E-state index contributed by atoms with van der Waals surface area (Å²) in [5, 5.41) is 21.2. The van der Waals surface area contributed by atoms with Crippen molar-refractivity contribution < 1.29 is 38.6 Å². The molecule has 2 aromatic rings. The minimum Gasteiger partial charge on any atom is -0.495 e. The second kappa shape index (κ2) is 12.5. The normalized spacial score (nSPS) is 15.4. The lowest BCUT2D eigenvalue weighted by Gasteiger charge is -2.34. The lowest BCUT2D eigenvalue weighted by molar-refractivity contribution is -0.384. The van der Waals surface area contributed by atoms with Crippen LogP contribution in [0.5, 0.6) is 0 Å². The second-order valence-corrected chi connectivity index (χ2v) is 7.88. The number of rotatable bonds is 11. The molecule has 11 heteroatoms. The van der Waals surface area contributed by atoms with Crippen LogP contribution < -0.4 is 0 Å². The van der Waals surface area contributed by atoms with Gasteiger partial charge >= 0.3 is 12.1 Å². The van der Waals surface area contributed by atoms with E-state index in [1.54, 1.807) is 6.92 Å². The number of nitro groups is 1. The van der Waals surface area contributed by atoms with E-state index in [1.807, 2.05) is 30.3 Å². The van der Waals surface area contributed by atoms with Crippen LogP contribution in [0.15, 0.2) is 77.3 Å². The molecule has 0 saturated heterocycles. The first-order valence-corrected chi connectivity index (χ1v) is 11.4. The van der Waals surface area contributed by atoms with Gasteiger partial charge < -0.3 is 19.3 Å². The van der Waals surface area contributed by atoms with Crippen LogP contribution in [0.3, 0.4) is 0 Å². The summed E-state index contributed by atoms with van der Waals surface area (Å²) in [5.41, 5.74) is 0.418. The van der Waals surface area contributed by atoms with Crippen LogP contribution in [0.25, 0.3) is 0 Å². The molecule has 0 fully saturated rings. The van der Waals surface area contributed by atoms with Gasteiger partial charge in [-0.3, -0.25) is 14.9 Å². The average Bonchev–Trinajstić information content (AvgIpc) is 2.89. The van der Waals surface area contributed by atoms with Crippen molar-refractivity contribution in [3.63, 3.8) is 0 Å². The zero-order chi connectivity index (χ0) is 26.9. The standard InChI is InChI=1S/C26H26N2O9/c1-3-36-24-21(15-29)27(26(31)32)17(2)22(23(24)19-10-7-11-20(14-19)28(33)34)25(30)37-13-12-35-16-18-8-5-4-6-9-18/h4-11,14-15,23H,3,12-13,16H2,1-2H3,(H,31,32). The Hall–Kier alpha value is -4.51. The van der Waals surface area contributed by atoms with Crippen molar-refractivity contribution in [2.24, 2.45) is 0 Å². The van der Waals surface area contributed by atoms with Gasteiger partial charge in [-0.05, 0) is 25.0 Å². The minimum atomic E-state index is -1.51. The highest BCUT2D eigenvalue weighted by atomic mass is 16.6. The number of ether oxygens (including phenoxy) is 3. The monoisotopic (exact) mass is 510 g/mol. The molecule has 1 atom stereocenters. The number of nitro benzene ring substituents is 1. The molecule has 0 saturated carbocycles. The van der Waals surface area contributed by atoms with E-state index >= 15 is 0 Å². The van der Waals surface area contributed by atoms with Crippen molar-refractivity contribution >= 4 is 24.0 Å². The van der Waals surface area contributed by atoms with E-state index in [9.17, 15) is 29.6 Å². The second-order valence-electron chi connectivity index (χ2n) is 7.88. The van der Waals surface area contributed by atoms with Crippen molar-refractivity contribution in [2.75, 3.05) is 19.8 Å². The van der Waals surface area contributed by atoms with Crippen molar-refractivity contribution in [1.82, 2.24) is 4.90 Å². The van der Waals surface area contributed by atoms with Crippen molar-refractivity contribution in [3.8, 4) is 0 Å². The number of benzene rings is 2. The zero-order valence-electron chi connectivity index (χ0n) is 20.3. The number of aldehydes is 1. The van der Waals surface area contributed by atoms with Crippen LogP contribution in [0.1, 0.15) is 30.9 Å². The van der Waals surface area contributed by atoms with E-state index in [0.717, 1.165) is 5.56 Å². The number of amides is 1. The number of hydrogen-bond donors (Lipinski definition) is 1. The molecule has 0 radical (unpaired) electrons. The van der Waals surface area contributed by atoms with E-state index in [-0.39, 0.29) is 53.8 Å². The van der Waals surface area contributed by atoms with E-state index in [0.29, 0.717) is 17.8 Å². The first kappa shape index (κ1) is 27.1. The first-order chi connectivity index (χ1) is 17.8. The van der Waals surface area contributed by atoms with E-state index < -0.39 is 22.9 Å². The third-order valence-corrected chi connectivity index (χ3v) is 5.58. The Morgan fingerprint density at radius 1 is 1.14 bits per heavy atom. The number of carboxylic acid groups (broad SMARTS) is 1. The molecule has 0 spiro atoms. The van der Waals surface area contributed by atoms with Gasteiger partial charge in [0.05, 0.1) is 36.2 Å². The number of carbonyl (C=O) groups excluding carboxylic acids is 2. The number of carbonyl (C=O) groups is 3. The van der Waals surface area contributed by atoms with Gasteiger partial charge in [-0.1, -0.05) is 42.5 Å². The van der Waals surface area contributed by atoms with Gasteiger partial charge in [-0.15, -0.1) is 0 Å². The number of esters is 1. The van der Waals surface area contributed by atoms with Gasteiger partial charge in [0, 0.05) is 17.8 Å². The summed E-state index contributed by atoms with van der Waals surface area (Å²) in [4.78, 5) is 48.8. The molecule has 2 aromatic carbocycles. The highest BCUT2D eigenvalue weighted by Gasteiger charge is 2.42. The quantitative estimate of drug-likeness (QED) is 0.155. The molecule has 11 nitrogen and oxygen atoms in total. The maximum absolute atomic E-state index is 13.3. The lowest BCUT2D eigenvalue weighted by Crippen LogP contribution is -2.38. The van der Waals surface area contributed by atoms with Gasteiger partial charge in [0.15, 0.2) is 6.29 Å². The first-order valence-electron chi connectivity index (χ1n) is 11.4. The molecule has 194 valence electrons. The number of nitrogens with zero attached hydrogens (tertiary/aromatic N) is 2. The summed E-state index contributed by atoms with van der Waals surface area (Å²) in [7, 11) is 0. The fourth-order valence-corrected chi connectivity index (χ4v) is 4.01. The fourth-order valence-electron chi connectivity index (χ4n) is 4.01. The van der Waals surface area contributed by atoms with E-state index in [2.05, 4.69) is 0 Å². The Labute approximate surface area is 212 Å². The molecule has 3 rings (SSSR count). The molecule has 1 heterocycles. The molecule has 1 aliphatic rings. The summed E-state index contributed by atoms with van der Waals surface area (Å²) in [6.07, 6.45) is -1.20. The highest BCUT2D eigenvalue weighted by molar-refractivity contribution is 5.96. The molecule has 1 N–H and O–H groups in total. The number of allylic oxidation sites excluding steroid dienone is 3. The van der Waals surface area contributed by atoms with Crippen LogP contribution in [-0.4, -0.2) is 53.1 Å². The van der Waals surface area contributed by atoms with Gasteiger partial charge in [0.25, 0.3) is 5.69 Å². The van der Waals surface area contributed by atoms with E-state index in [4.69, 9.17) is 14.2 Å². The Morgan fingerprint density at radius 3 is 2.49 bits per heavy atom. The topological polar surface area (TPSA) is 146 Å². The predicted octanol–water partition coefficient (Wildman–Crippen LogP) is 4.15. The average molecular weight is 510 g/mol. The van der Waals surface area contributed by atoms with Crippen molar-refractivity contribution in [3.05, 3.63) is 98.6 Å². The molecule has 1 amide bonds. The molecule has 1 unspecified atom stereocenters. The van der Waals surface area contributed by atoms with Crippen molar-refractivity contribution in [2.45, 2.75) is 26.4 Å². The third kappa shape index (κ3) is 6.19. The summed E-state index contributed by atoms with van der Waals surface area (Å²) in [5.74, 6) is -2.11. The Morgan fingerprint density at radius 2 is 1.86 bits per heavy atom. The number of non-ortho nitro benzene ring substituents is 1. The fraction of sp³-hybridized carbons (Fsp3) is 0.269. The number of hydrogen-bond acceptors (Lipinski definition) is 8. The Bertz CT molecular complexity index is 1240. The Kier molecular flexibility index (Phi) is 9.11. The van der Waals surface area contributed by atoms with Gasteiger partial charge in [-0.2, -0.15) is 0 Å². The summed E-state index contributed by atoms with van der Waals surface area (Å²) >= 11 is 0. The highest BCUT2D eigenvalue weighted by Crippen LogP contribution is 2.43. The Balaban J connectivity index is 1.95. The zero-order valence-corrected chi connectivity index (χ0v) is 20.3. The van der Waals surface area contributed by atoms with Crippen molar-refractivity contribution in [1.29, 1.82) is 0 Å². The summed E-state index contributed by atoms with van der Waals surface area (Å²) < 4.78 is 16.6. The SMILES string of the molecule is CCOC1=C(C=O)N(C(=O)O)C(C)=C(C(=O)OCCOCc2ccccc2)C1c1cccc([N+](=O)[O-])c1. The minimum absolute atomic E-state index is 0.0419. The lowest BCUT2D eigenvalue weighted by atomic mass is 9.84. The third-order valence-electron chi connectivity index (χ3n) is 5.58. The molecule has 0 bridgehead atoms. The smallest absolute Gasteiger partial charge is 0.416 e. The van der Waals surface area contributed by atoms with Gasteiger partial charge in [0.1, 0.15) is 18.1 Å². The predicted molar refractivity (Wildman–Crippen MR) is 130 cm³/mol. The van der Waals surface area contributed by atoms with Crippen LogP contribution in [-0.2, 0) is 30.4 Å².